The average molecular weight is 696 g/mol. The molecule has 262 valence electrons. The van der Waals surface area contributed by atoms with E-state index in [-0.39, 0.29) is 5.41 Å². The Hall–Kier alpha value is -5.92. The van der Waals surface area contributed by atoms with Gasteiger partial charge in [-0.15, -0.1) is 0 Å². The number of hydrogen-bond acceptors (Lipinski definition) is 1. The van der Waals surface area contributed by atoms with Crippen LogP contribution in [0, 0.1) is 0 Å². The molecule has 1 fully saturated rings. The van der Waals surface area contributed by atoms with Crippen molar-refractivity contribution in [2.45, 2.75) is 57.3 Å². The number of rotatable bonds is 6. The summed E-state index contributed by atoms with van der Waals surface area (Å²) in [6.07, 6.45) is 6.42. The summed E-state index contributed by atoms with van der Waals surface area (Å²) in [6, 6.07) is 63.7. The number of nitrogens with zero attached hydrogens (tertiary/aromatic N) is 1. The molecule has 1 saturated carbocycles. The molecular formula is C53H45N. The minimum Gasteiger partial charge on any atom is -0.310 e. The SMILES string of the molecule is CC1(C)c2ccccc2-c2ccc(N(c3ccc(-c4ccccc4)cc3)c3cc(C4CCCCC4)c4ccccc4c3-c3cccc4ccccc34)cc21. The second-order valence-electron chi connectivity index (χ2n) is 15.9. The standard InChI is InChI=1S/C53H45N/c1-53(2)49-27-14-13-24-44(49)45-33-32-41(34-50(45)53)54(40-30-28-37(29-31-40)36-16-5-3-6-17-36)51-35-48(39-18-7-4-8-19-39)43-23-11-12-25-47(43)52(51)46-26-15-21-38-20-9-10-22-42(38)46/h3,5-6,9-17,20-35,39H,4,7-8,18-19H2,1-2H3. The molecule has 8 aromatic carbocycles. The third kappa shape index (κ3) is 5.37. The van der Waals surface area contributed by atoms with Crippen molar-refractivity contribution < 1.29 is 0 Å². The summed E-state index contributed by atoms with van der Waals surface area (Å²) in [6.45, 7) is 4.78. The van der Waals surface area contributed by atoms with Crippen molar-refractivity contribution in [1.29, 1.82) is 0 Å². The summed E-state index contributed by atoms with van der Waals surface area (Å²) >= 11 is 0. The van der Waals surface area contributed by atoms with Gasteiger partial charge in [-0.25, -0.2) is 0 Å². The van der Waals surface area contributed by atoms with Crippen LogP contribution in [-0.2, 0) is 5.41 Å². The molecule has 2 aliphatic rings. The molecule has 0 bridgehead atoms. The van der Waals surface area contributed by atoms with Gasteiger partial charge >= 0.3 is 0 Å². The van der Waals surface area contributed by atoms with Gasteiger partial charge in [-0.2, -0.15) is 0 Å². The van der Waals surface area contributed by atoms with Crippen LogP contribution >= 0.6 is 0 Å². The van der Waals surface area contributed by atoms with Crippen LogP contribution in [0.5, 0.6) is 0 Å². The largest absolute Gasteiger partial charge is 0.310 e. The fourth-order valence-electron chi connectivity index (χ4n) is 9.73. The Morgan fingerprint density at radius 1 is 0.463 bits per heavy atom. The first kappa shape index (κ1) is 32.7. The molecule has 1 nitrogen and oxygen atoms in total. The molecule has 0 spiro atoms. The maximum atomic E-state index is 2.59. The fraction of sp³-hybridized carbons (Fsp3) is 0.170. The molecule has 0 radical (unpaired) electrons. The summed E-state index contributed by atoms with van der Waals surface area (Å²) in [4.78, 5) is 2.57. The Labute approximate surface area is 319 Å². The van der Waals surface area contributed by atoms with Crippen molar-refractivity contribution in [3.05, 3.63) is 187 Å². The van der Waals surface area contributed by atoms with Crippen molar-refractivity contribution in [3.8, 4) is 33.4 Å². The smallest absolute Gasteiger partial charge is 0.0549 e. The summed E-state index contributed by atoms with van der Waals surface area (Å²) in [5.41, 5.74) is 15.5. The zero-order chi connectivity index (χ0) is 36.2. The van der Waals surface area contributed by atoms with Gasteiger partial charge in [0.1, 0.15) is 0 Å². The average Bonchev–Trinajstić information content (AvgIpc) is 3.46. The van der Waals surface area contributed by atoms with E-state index in [0.29, 0.717) is 5.92 Å². The molecule has 0 aliphatic heterocycles. The number of anilines is 3. The van der Waals surface area contributed by atoms with E-state index in [2.05, 4.69) is 189 Å². The quantitative estimate of drug-likeness (QED) is 0.167. The zero-order valence-corrected chi connectivity index (χ0v) is 31.2. The lowest BCUT2D eigenvalue weighted by Crippen LogP contribution is -2.17. The highest BCUT2D eigenvalue weighted by Gasteiger charge is 2.36. The Morgan fingerprint density at radius 2 is 1.07 bits per heavy atom. The Bertz CT molecular complexity index is 2650. The summed E-state index contributed by atoms with van der Waals surface area (Å²) < 4.78 is 0. The molecule has 54 heavy (non-hydrogen) atoms. The molecule has 0 amide bonds. The predicted molar refractivity (Wildman–Crippen MR) is 230 cm³/mol. The van der Waals surface area contributed by atoms with E-state index in [1.165, 1.54) is 115 Å². The monoisotopic (exact) mass is 695 g/mol. The van der Waals surface area contributed by atoms with Gasteiger partial charge in [0.05, 0.1) is 5.69 Å². The lowest BCUT2D eigenvalue weighted by molar-refractivity contribution is 0.445. The van der Waals surface area contributed by atoms with E-state index in [1.807, 2.05) is 0 Å². The van der Waals surface area contributed by atoms with Crippen LogP contribution in [-0.4, -0.2) is 0 Å². The summed E-state index contributed by atoms with van der Waals surface area (Å²) in [7, 11) is 0. The maximum absolute atomic E-state index is 2.59. The Kier molecular flexibility index (Phi) is 7.99. The number of hydrogen-bond donors (Lipinski definition) is 0. The van der Waals surface area contributed by atoms with Crippen LogP contribution in [0.1, 0.15) is 68.6 Å². The van der Waals surface area contributed by atoms with Crippen molar-refractivity contribution in [3.63, 3.8) is 0 Å². The van der Waals surface area contributed by atoms with E-state index in [1.54, 1.807) is 0 Å². The fourth-order valence-corrected chi connectivity index (χ4v) is 9.73. The summed E-state index contributed by atoms with van der Waals surface area (Å²) in [5, 5.41) is 5.26. The molecule has 2 aliphatic carbocycles. The Balaban J connectivity index is 1.28. The highest BCUT2D eigenvalue weighted by atomic mass is 15.1. The molecule has 10 rings (SSSR count). The third-order valence-electron chi connectivity index (χ3n) is 12.5. The second-order valence-corrected chi connectivity index (χ2v) is 15.9. The van der Waals surface area contributed by atoms with Crippen molar-refractivity contribution in [2.75, 3.05) is 4.90 Å². The molecule has 8 aromatic rings. The van der Waals surface area contributed by atoms with Crippen LogP contribution in [0.25, 0.3) is 54.9 Å². The van der Waals surface area contributed by atoms with Gasteiger partial charge in [0, 0.05) is 22.4 Å². The first-order valence-electron chi connectivity index (χ1n) is 19.8. The van der Waals surface area contributed by atoms with Crippen LogP contribution in [0.2, 0.25) is 0 Å². The predicted octanol–water partition coefficient (Wildman–Crippen LogP) is 15.2. The normalized spacial score (nSPS) is 14.9. The first-order chi connectivity index (χ1) is 26.6. The molecule has 0 aromatic heterocycles. The van der Waals surface area contributed by atoms with Crippen LogP contribution < -0.4 is 4.90 Å². The van der Waals surface area contributed by atoms with Crippen molar-refractivity contribution in [2.24, 2.45) is 0 Å². The van der Waals surface area contributed by atoms with E-state index in [9.17, 15) is 0 Å². The minimum absolute atomic E-state index is 0.111. The van der Waals surface area contributed by atoms with Crippen LogP contribution in [0.4, 0.5) is 17.1 Å². The van der Waals surface area contributed by atoms with Gasteiger partial charge in [-0.1, -0.05) is 173 Å². The van der Waals surface area contributed by atoms with Gasteiger partial charge in [0.25, 0.3) is 0 Å². The van der Waals surface area contributed by atoms with Crippen LogP contribution in [0.3, 0.4) is 0 Å². The topological polar surface area (TPSA) is 3.24 Å². The number of benzene rings is 8. The number of fused-ring (bicyclic) bond motifs is 5. The maximum Gasteiger partial charge on any atom is 0.0549 e. The van der Waals surface area contributed by atoms with Crippen molar-refractivity contribution in [1.82, 2.24) is 0 Å². The van der Waals surface area contributed by atoms with Crippen molar-refractivity contribution >= 4 is 38.6 Å². The van der Waals surface area contributed by atoms with Gasteiger partial charge in [-0.05, 0) is 115 Å². The Morgan fingerprint density at radius 3 is 1.89 bits per heavy atom. The van der Waals surface area contributed by atoms with E-state index in [4.69, 9.17) is 0 Å². The first-order valence-corrected chi connectivity index (χ1v) is 19.8. The molecule has 0 unspecified atom stereocenters. The second kappa shape index (κ2) is 13.2. The molecule has 1 heteroatoms. The van der Waals surface area contributed by atoms with Gasteiger partial charge in [0.2, 0.25) is 0 Å². The molecule has 0 atom stereocenters. The highest BCUT2D eigenvalue weighted by molar-refractivity contribution is 6.12. The third-order valence-corrected chi connectivity index (χ3v) is 12.5. The molecule has 0 heterocycles. The zero-order valence-electron chi connectivity index (χ0n) is 31.2. The molecule has 0 saturated heterocycles. The molecule has 0 N–H and O–H groups in total. The van der Waals surface area contributed by atoms with Gasteiger partial charge in [0.15, 0.2) is 0 Å². The summed E-state index contributed by atoms with van der Waals surface area (Å²) in [5.74, 6) is 0.541. The van der Waals surface area contributed by atoms with Gasteiger partial charge in [-0.3, -0.25) is 0 Å². The van der Waals surface area contributed by atoms with E-state index < -0.39 is 0 Å². The lowest BCUT2D eigenvalue weighted by Gasteiger charge is -2.33. The van der Waals surface area contributed by atoms with Crippen LogP contribution in [0.15, 0.2) is 170 Å². The minimum atomic E-state index is -0.111. The highest BCUT2D eigenvalue weighted by Crippen LogP contribution is 2.53. The van der Waals surface area contributed by atoms with E-state index in [0.717, 1.165) is 5.69 Å². The molecular weight excluding hydrogens is 651 g/mol. The van der Waals surface area contributed by atoms with E-state index >= 15 is 0 Å². The van der Waals surface area contributed by atoms with Gasteiger partial charge < -0.3 is 4.90 Å². The lowest BCUT2D eigenvalue weighted by atomic mass is 9.79.